The van der Waals surface area contributed by atoms with Crippen LogP contribution in [0.2, 0.25) is 5.02 Å². The van der Waals surface area contributed by atoms with Gasteiger partial charge in [-0.05, 0) is 26.8 Å². The number of amides is 4. The van der Waals surface area contributed by atoms with Crippen LogP contribution in [0.1, 0.15) is 32.8 Å². The maximum Gasteiger partial charge on any atom is 0.250 e. The molecule has 3 aliphatic heterocycles. The molecule has 28 heavy (non-hydrogen) atoms. The summed E-state index contributed by atoms with van der Waals surface area (Å²) in [7, 11) is 0. The van der Waals surface area contributed by atoms with Crippen LogP contribution in [0.4, 0.5) is 5.69 Å². The number of anilines is 1. The summed E-state index contributed by atoms with van der Waals surface area (Å²) in [5.41, 5.74) is 4.07. The number of fused-ring (bicyclic) bond motifs is 4. The molecule has 4 N–H and O–H groups in total. The van der Waals surface area contributed by atoms with Gasteiger partial charge in [0.2, 0.25) is 23.6 Å². The van der Waals surface area contributed by atoms with Crippen LogP contribution in [0, 0.1) is 11.8 Å². The Hall–Kier alpha value is -2.45. The first-order valence-electron chi connectivity index (χ1n) is 9.04. The van der Waals surface area contributed by atoms with E-state index >= 15 is 0 Å². The molecule has 2 saturated heterocycles. The lowest BCUT2D eigenvalue weighted by Gasteiger charge is -2.34. The topological polar surface area (TPSA) is 122 Å². The van der Waals surface area contributed by atoms with E-state index in [0.717, 1.165) is 0 Å². The number of para-hydroxylation sites is 1. The van der Waals surface area contributed by atoms with Crippen molar-refractivity contribution in [3.63, 3.8) is 0 Å². The number of nitrogens with two attached hydrogens (primary N) is 1. The molecule has 0 bridgehead atoms. The number of hydrogen-bond donors (Lipinski definition) is 3. The predicted molar refractivity (Wildman–Crippen MR) is 101 cm³/mol. The normalized spacial score (nSPS) is 31.4. The molecule has 4 rings (SSSR count). The standard InChI is InChI=1S/C19H21ClN4O4/c1-18(2,3)24-15(26)12-10(7-11(21)25)23-19(13(12)16(24)27)8-5-4-6-9(20)14(8)22-17(19)28/h4-6,10,12-13,23H,7H2,1-3H3,(H2,21,25)(H,22,28)/t10-,12+,13-,19-/m0/s1. The minimum absolute atomic E-state index is 0.164. The molecule has 0 aromatic heterocycles. The molecule has 0 radical (unpaired) electrons. The molecule has 0 saturated carbocycles. The van der Waals surface area contributed by atoms with E-state index in [2.05, 4.69) is 10.6 Å². The third kappa shape index (κ3) is 2.28. The first-order valence-corrected chi connectivity index (χ1v) is 9.42. The van der Waals surface area contributed by atoms with Crippen molar-refractivity contribution >= 4 is 40.9 Å². The Morgan fingerprint density at radius 1 is 1.25 bits per heavy atom. The highest BCUT2D eigenvalue weighted by Gasteiger charge is 2.71. The predicted octanol–water partition coefficient (Wildman–Crippen LogP) is 0.734. The zero-order valence-electron chi connectivity index (χ0n) is 15.7. The van der Waals surface area contributed by atoms with E-state index in [1.165, 1.54) is 4.90 Å². The summed E-state index contributed by atoms with van der Waals surface area (Å²) in [5, 5.41) is 6.21. The fraction of sp³-hybridized carbons (Fsp3) is 0.474. The molecule has 3 aliphatic rings. The lowest BCUT2D eigenvalue weighted by Crippen LogP contribution is -2.56. The van der Waals surface area contributed by atoms with Gasteiger partial charge in [0.1, 0.15) is 5.54 Å². The number of benzene rings is 1. The fourth-order valence-electron chi connectivity index (χ4n) is 4.85. The molecule has 4 amide bonds. The third-order valence-corrected chi connectivity index (χ3v) is 6.11. The van der Waals surface area contributed by atoms with Gasteiger partial charge in [-0.3, -0.25) is 29.4 Å². The lowest BCUT2D eigenvalue weighted by atomic mass is 9.76. The molecular formula is C19H21ClN4O4. The molecular weight excluding hydrogens is 384 g/mol. The molecule has 1 aromatic carbocycles. The number of primary amides is 1. The van der Waals surface area contributed by atoms with Crippen molar-refractivity contribution in [1.29, 1.82) is 0 Å². The second-order valence-electron chi connectivity index (χ2n) is 8.53. The minimum atomic E-state index is -1.47. The van der Waals surface area contributed by atoms with Gasteiger partial charge in [-0.15, -0.1) is 0 Å². The van der Waals surface area contributed by atoms with Crippen LogP contribution in [-0.2, 0) is 24.7 Å². The van der Waals surface area contributed by atoms with Crippen molar-refractivity contribution in [3.05, 3.63) is 28.8 Å². The van der Waals surface area contributed by atoms with Crippen LogP contribution in [0.25, 0.3) is 0 Å². The average molecular weight is 405 g/mol. The molecule has 1 aromatic rings. The maximum atomic E-state index is 13.4. The maximum absolute atomic E-state index is 13.4. The van der Waals surface area contributed by atoms with E-state index in [1.54, 1.807) is 39.0 Å². The van der Waals surface area contributed by atoms with Crippen molar-refractivity contribution < 1.29 is 19.2 Å². The van der Waals surface area contributed by atoms with Crippen molar-refractivity contribution in [2.24, 2.45) is 17.6 Å². The average Bonchev–Trinajstić information content (AvgIpc) is 3.13. The summed E-state index contributed by atoms with van der Waals surface area (Å²) in [5.74, 6) is -3.77. The number of likely N-dealkylation sites (tertiary alicyclic amines) is 1. The Labute approximate surface area is 166 Å². The zero-order chi connectivity index (χ0) is 20.6. The van der Waals surface area contributed by atoms with Crippen molar-refractivity contribution in [2.45, 2.75) is 44.3 Å². The van der Waals surface area contributed by atoms with Crippen LogP contribution >= 0.6 is 11.6 Å². The van der Waals surface area contributed by atoms with Crippen LogP contribution in [0.5, 0.6) is 0 Å². The number of halogens is 1. The Kier molecular flexibility index (Phi) is 3.90. The summed E-state index contributed by atoms with van der Waals surface area (Å²) in [6.45, 7) is 5.27. The van der Waals surface area contributed by atoms with E-state index in [9.17, 15) is 19.2 Å². The van der Waals surface area contributed by atoms with Gasteiger partial charge < -0.3 is 11.1 Å². The number of hydrogen-bond acceptors (Lipinski definition) is 5. The quantitative estimate of drug-likeness (QED) is 0.627. The van der Waals surface area contributed by atoms with Gasteiger partial charge in [-0.2, -0.15) is 0 Å². The number of nitrogens with zero attached hydrogens (tertiary/aromatic N) is 1. The molecule has 0 unspecified atom stereocenters. The van der Waals surface area contributed by atoms with Crippen LogP contribution in [0.3, 0.4) is 0 Å². The lowest BCUT2D eigenvalue weighted by molar-refractivity contribution is -0.147. The highest BCUT2D eigenvalue weighted by Crippen LogP contribution is 2.55. The Morgan fingerprint density at radius 2 is 1.93 bits per heavy atom. The third-order valence-electron chi connectivity index (χ3n) is 5.79. The van der Waals surface area contributed by atoms with E-state index in [0.29, 0.717) is 16.3 Å². The number of carbonyl (C=O) groups excluding carboxylic acids is 4. The summed E-state index contributed by atoms with van der Waals surface area (Å²) < 4.78 is 0. The highest BCUT2D eigenvalue weighted by molar-refractivity contribution is 6.35. The smallest absolute Gasteiger partial charge is 0.250 e. The van der Waals surface area contributed by atoms with E-state index in [4.69, 9.17) is 17.3 Å². The second-order valence-corrected chi connectivity index (χ2v) is 8.94. The number of rotatable bonds is 2. The van der Waals surface area contributed by atoms with Gasteiger partial charge in [-0.1, -0.05) is 23.7 Å². The first-order chi connectivity index (χ1) is 13.0. The van der Waals surface area contributed by atoms with Crippen LogP contribution in [0.15, 0.2) is 18.2 Å². The molecule has 9 heteroatoms. The summed E-state index contributed by atoms with van der Waals surface area (Å²) in [6.07, 6.45) is -0.164. The second kappa shape index (κ2) is 5.78. The van der Waals surface area contributed by atoms with E-state index < -0.39 is 52.6 Å². The van der Waals surface area contributed by atoms with Gasteiger partial charge in [0.05, 0.1) is 22.5 Å². The number of imide groups is 1. The zero-order valence-corrected chi connectivity index (χ0v) is 16.5. The monoisotopic (exact) mass is 404 g/mol. The molecule has 8 nitrogen and oxygen atoms in total. The highest BCUT2D eigenvalue weighted by atomic mass is 35.5. The van der Waals surface area contributed by atoms with E-state index in [-0.39, 0.29) is 6.42 Å². The molecule has 4 atom stereocenters. The van der Waals surface area contributed by atoms with E-state index in [1.807, 2.05) is 0 Å². The summed E-state index contributed by atoms with van der Waals surface area (Å²) in [6, 6.07) is 4.29. The molecule has 3 heterocycles. The van der Waals surface area contributed by atoms with Crippen molar-refractivity contribution in [2.75, 3.05) is 5.32 Å². The first kappa shape index (κ1) is 18.9. The number of nitrogens with one attached hydrogen (secondary N) is 2. The van der Waals surface area contributed by atoms with Gasteiger partial charge in [-0.25, -0.2) is 0 Å². The van der Waals surface area contributed by atoms with Gasteiger partial charge >= 0.3 is 0 Å². The Morgan fingerprint density at radius 3 is 2.54 bits per heavy atom. The molecule has 0 aliphatic carbocycles. The van der Waals surface area contributed by atoms with Gasteiger partial charge in [0.15, 0.2) is 0 Å². The van der Waals surface area contributed by atoms with Crippen LogP contribution < -0.4 is 16.4 Å². The van der Waals surface area contributed by atoms with Gasteiger partial charge in [0.25, 0.3) is 0 Å². The fourth-order valence-corrected chi connectivity index (χ4v) is 5.07. The van der Waals surface area contributed by atoms with Crippen molar-refractivity contribution in [3.8, 4) is 0 Å². The van der Waals surface area contributed by atoms with Gasteiger partial charge in [0, 0.05) is 23.6 Å². The van der Waals surface area contributed by atoms with Crippen LogP contribution in [-0.4, -0.2) is 40.1 Å². The largest absolute Gasteiger partial charge is 0.370 e. The molecule has 2 fully saturated rings. The summed E-state index contributed by atoms with van der Waals surface area (Å²) in [4.78, 5) is 52.6. The Bertz CT molecular complexity index is 940. The SMILES string of the molecule is CC(C)(C)N1C(=O)[C@@H]2[C@H](CC(N)=O)N[C@]3(C(=O)Nc4c(Cl)cccc43)[C@@H]2C1=O. The molecule has 1 spiro atoms. The minimum Gasteiger partial charge on any atom is -0.370 e. The molecule has 148 valence electrons. The number of carbonyl (C=O) groups is 4. The van der Waals surface area contributed by atoms with Crippen molar-refractivity contribution in [1.82, 2.24) is 10.2 Å². The Balaban J connectivity index is 1.93. The summed E-state index contributed by atoms with van der Waals surface area (Å²) >= 11 is 6.25.